The van der Waals surface area contributed by atoms with Gasteiger partial charge in [0.05, 0.1) is 6.61 Å². The first-order valence-electron chi connectivity index (χ1n) is 4.77. The lowest BCUT2D eigenvalue weighted by molar-refractivity contribution is -0.153. The Hall–Kier alpha value is -0.610. The summed E-state index contributed by atoms with van der Waals surface area (Å²) in [6, 6.07) is 0. The second kappa shape index (κ2) is 8.01. The van der Waals surface area contributed by atoms with Crippen molar-refractivity contribution < 1.29 is 14.6 Å². The molecule has 0 aliphatic rings. The van der Waals surface area contributed by atoms with Crippen molar-refractivity contribution in [2.24, 2.45) is 5.73 Å². The minimum absolute atomic E-state index is 0.0756. The van der Waals surface area contributed by atoms with Crippen LogP contribution in [0.15, 0.2) is 0 Å². The lowest BCUT2D eigenvalue weighted by Crippen LogP contribution is -2.31. The molecule has 0 spiro atoms. The summed E-state index contributed by atoms with van der Waals surface area (Å²) >= 11 is 0. The number of unbranched alkanes of at least 4 members (excludes halogenated alkanes) is 3. The van der Waals surface area contributed by atoms with E-state index in [1.165, 1.54) is 0 Å². The smallest absolute Gasteiger partial charge is 0.336 e. The monoisotopic (exact) mass is 189 g/mol. The molecule has 0 fully saturated rings. The molecule has 78 valence electrons. The van der Waals surface area contributed by atoms with Gasteiger partial charge in [-0.3, -0.25) is 0 Å². The topological polar surface area (TPSA) is 72.5 Å². The Kier molecular flexibility index (Phi) is 7.63. The molecule has 3 N–H and O–H groups in total. The molecule has 0 saturated heterocycles. The number of carbonyl (C=O) groups is 1. The highest BCUT2D eigenvalue weighted by Crippen LogP contribution is 1.99. The third kappa shape index (κ3) is 6.54. The molecular formula is C9H19NO3. The van der Waals surface area contributed by atoms with Crippen LogP contribution < -0.4 is 5.73 Å². The molecule has 13 heavy (non-hydrogen) atoms. The van der Waals surface area contributed by atoms with Crippen molar-refractivity contribution >= 4 is 5.97 Å². The number of aliphatic hydroxyl groups is 1. The molecule has 4 heteroatoms. The van der Waals surface area contributed by atoms with Gasteiger partial charge in [-0.1, -0.05) is 26.2 Å². The maximum atomic E-state index is 10.9. The van der Waals surface area contributed by atoms with Crippen molar-refractivity contribution in [1.29, 1.82) is 0 Å². The molecule has 4 nitrogen and oxygen atoms in total. The first-order chi connectivity index (χ1) is 6.22. The molecule has 0 aliphatic carbocycles. The van der Waals surface area contributed by atoms with Gasteiger partial charge in [-0.15, -0.1) is 0 Å². The number of carbonyl (C=O) groups excluding carboxylic acids is 1. The Labute approximate surface area is 79.1 Å². The Balaban J connectivity index is 3.27. The fourth-order valence-corrected chi connectivity index (χ4v) is 0.894. The Morgan fingerprint density at radius 3 is 2.69 bits per heavy atom. The van der Waals surface area contributed by atoms with Crippen molar-refractivity contribution in [2.75, 3.05) is 13.2 Å². The quantitative estimate of drug-likeness (QED) is 0.450. The van der Waals surface area contributed by atoms with Crippen LogP contribution in [0.25, 0.3) is 0 Å². The number of nitrogens with two attached hydrogens (primary N) is 1. The van der Waals surface area contributed by atoms with Gasteiger partial charge in [0.25, 0.3) is 0 Å². The van der Waals surface area contributed by atoms with Gasteiger partial charge in [-0.05, 0) is 6.42 Å². The average Bonchev–Trinajstić information content (AvgIpc) is 2.16. The van der Waals surface area contributed by atoms with E-state index in [4.69, 9.17) is 15.6 Å². The summed E-state index contributed by atoms with van der Waals surface area (Å²) in [4.78, 5) is 10.9. The van der Waals surface area contributed by atoms with E-state index in [9.17, 15) is 4.79 Å². The molecule has 0 aliphatic heterocycles. The summed E-state index contributed by atoms with van der Waals surface area (Å²) in [5, 5.41) is 8.93. The van der Waals surface area contributed by atoms with Crippen LogP contribution >= 0.6 is 0 Å². The van der Waals surface area contributed by atoms with Gasteiger partial charge in [0.2, 0.25) is 0 Å². The summed E-state index contributed by atoms with van der Waals surface area (Å²) in [6.07, 6.45) is 3.06. The van der Waals surface area contributed by atoms with E-state index >= 15 is 0 Å². The first-order valence-corrected chi connectivity index (χ1v) is 4.77. The molecule has 0 heterocycles. The molecule has 0 saturated carbocycles. The van der Waals surface area contributed by atoms with Crippen LogP contribution in [-0.2, 0) is 9.53 Å². The predicted octanol–water partition coefficient (Wildman–Crippen LogP) is 0.430. The molecule has 0 aromatic carbocycles. The van der Waals surface area contributed by atoms with E-state index in [0.717, 1.165) is 25.7 Å². The van der Waals surface area contributed by atoms with Crippen LogP contribution in [0.2, 0.25) is 0 Å². The largest absolute Gasteiger partial charge is 0.464 e. The van der Waals surface area contributed by atoms with Crippen LogP contribution in [0.5, 0.6) is 0 Å². The van der Waals surface area contributed by atoms with Crippen molar-refractivity contribution in [3.05, 3.63) is 0 Å². The van der Waals surface area contributed by atoms with E-state index in [1.807, 2.05) is 0 Å². The number of rotatable bonds is 7. The molecule has 0 rings (SSSR count). The lowest BCUT2D eigenvalue weighted by Gasteiger charge is -2.07. The Morgan fingerprint density at radius 2 is 2.15 bits per heavy atom. The fraction of sp³-hybridized carbons (Fsp3) is 0.889. The fourth-order valence-electron chi connectivity index (χ4n) is 0.894. The molecule has 0 unspecified atom stereocenters. The maximum Gasteiger partial charge on any atom is 0.336 e. The highest BCUT2D eigenvalue weighted by molar-refractivity contribution is 5.74. The van der Waals surface area contributed by atoms with Gasteiger partial charge in [-0.25, -0.2) is 4.79 Å². The van der Waals surface area contributed by atoms with E-state index in [-0.39, 0.29) is 6.54 Å². The maximum absolute atomic E-state index is 10.9. The van der Waals surface area contributed by atoms with Crippen LogP contribution in [-0.4, -0.2) is 30.3 Å². The Bertz CT molecular complexity index is 139. The van der Waals surface area contributed by atoms with Crippen molar-refractivity contribution in [1.82, 2.24) is 0 Å². The van der Waals surface area contributed by atoms with E-state index in [1.54, 1.807) is 0 Å². The second-order valence-electron chi connectivity index (χ2n) is 2.98. The normalized spacial score (nSPS) is 12.5. The number of hydrogen-bond donors (Lipinski definition) is 2. The van der Waals surface area contributed by atoms with Crippen LogP contribution in [0, 0.1) is 0 Å². The van der Waals surface area contributed by atoms with Crippen molar-refractivity contribution in [2.45, 2.75) is 38.7 Å². The number of hydrogen-bond acceptors (Lipinski definition) is 4. The number of aliphatic hydroxyl groups excluding tert-OH is 1. The van der Waals surface area contributed by atoms with Gasteiger partial charge in [-0.2, -0.15) is 0 Å². The third-order valence-electron chi connectivity index (χ3n) is 1.74. The van der Waals surface area contributed by atoms with Crippen molar-refractivity contribution in [3.8, 4) is 0 Å². The standard InChI is InChI=1S/C9H19NO3/c1-2-3-4-5-6-13-9(12)8(11)7-10/h8,11H,2-7,10H2,1H3/t8-/m0/s1. The summed E-state index contributed by atoms with van der Waals surface area (Å²) in [6.45, 7) is 2.42. The minimum Gasteiger partial charge on any atom is -0.464 e. The SMILES string of the molecule is CCCCCCOC(=O)[C@@H](O)CN. The van der Waals surface area contributed by atoms with Crippen LogP contribution in [0.4, 0.5) is 0 Å². The van der Waals surface area contributed by atoms with Gasteiger partial charge < -0.3 is 15.6 Å². The van der Waals surface area contributed by atoms with Crippen LogP contribution in [0.1, 0.15) is 32.6 Å². The second-order valence-corrected chi connectivity index (χ2v) is 2.98. The molecule has 0 aromatic heterocycles. The molecule has 0 aromatic rings. The van der Waals surface area contributed by atoms with E-state index in [2.05, 4.69) is 6.92 Å². The molecule has 0 bridgehead atoms. The minimum atomic E-state index is -1.16. The number of ether oxygens (including phenoxy) is 1. The zero-order chi connectivity index (χ0) is 10.1. The van der Waals surface area contributed by atoms with Crippen molar-refractivity contribution in [3.63, 3.8) is 0 Å². The highest BCUT2D eigenvalue weighted by Gasteiger charge is 2.13. The zero-order valence-corrected chi connectivity index (χ0v) is 8.16. The Morgan fingerprint density at radius 1 is 1.46 bits per heavy atom. The van der Waals surface area contributed by atoms with E-state index < -0.39 is 12.1 Å². The van der Waals surface area contributed by atoms with E-state index in [0.29, 0.717) is 6.61 Å². The zero-order valence-electron chi connectivity index (χ0n) is 8.16. The van der Waals surface area contributed by atoms with Gasteiger partial charge in [0.15, 0.2) is 6.10 Å². The average molecular weight is 189 g/mol. The third-order valence-corrected chi connectivity index (χ3v) is 1.74. The molecular weight excluding hydrogens is 170 g/mol. The molecule has 0 amide bonds. The van der Waals surface area contributed by atoms with Gasteiger partial charge in [0.1, 0.15) is 0 Å². The van der Waals surface area contributed by atoms with Gasteiger partial charge >= 0.3 is 5.97 Å². The summed E-state index contributed by atoms with van der Waals surface area (Å²) in [5.74, 6) is -0.612. The molecule has 1 atom stereocenters. The lowest BCUT2D eigenvalue weighted by atomic mass is 10.2. The molecule has 0 radical (unpaired) electrons. The highest BCUT2D eigenvalue weighted by atomic mass is 16.5. The number of esters is 1. The van der Waals surface area contributed by atoms with Crippen LogP contribution in [0.3, 0.4) is 0 Å². The summed E-state index contributed by atoms with van der Waals surface area (Å²) < 4.78 is 4.77. The summed E-state index contributed by atoms with van der Waals surface area (Å²) in [5.41, 5.74) is 5.07. The summed E-state index contributed by atoms with van der Waals surface area (Å²) in [7, 11) is 0. The van der Waals surface area contributed by atoms with Gasteiger partial charge in [0, 0.05) is 6.54 Å². The first kappa shape index (κ1) is 12.4. The predicted molar refractivity (Wildman–Crippen MR) is 50.2 cm³/mol.